The van der Waals surface area contributed by atoms with Gasteiger partial charge in [0.1, 0.15) is 17.6 Å². The number of nitriles is 1. The van der Waals surface area contributed by atoms with E-state index in [-0.39, 0.29) is 5.69 Å². The fourth-order valence-corrected chi connectivity index (χ4v) is 1.91. The van der Waals surface area contributed by atoms with Gasteiger partial charge in [-0.2, -0.15) is 5.26 Å². The summed E-state index contributed by atoms with van der Waals surface area (Å²) in [5, 5.41) is 20.1. The van der Waals surface area contributed by atoms with Gasteiger partial charge in [-0.15, -0.1) is 0 Å². The third kappa shape index (κ3) is 2.99. The van der Waals surface area contributed by atoms with Crippen molar-refractivity contribution in [2.75, 3.05) is 0 Å². The smallest absolute Gasteiger partial charge is 0.276 e. The second-order valence-corrected chi connectivity index (χ2v) is 4.41. The summed E-state index contributed by atoms with van der Waals surface area (Å²) in [5.41, 5.74) is 7.07. The van der Waals surface area contributed by atoms with Gasteiger partial charge in [0.2, 0.25) is 0 Å². The van der Waals surface area contributed by atoms with Crippen LogP contribution in [0.15, 0.2) is 36.4 Å². The Morgan fingerprint density at radius 1 is 1.33 bits per heavy atom. The van der Waals surface area contributed by atoms with Gasteiger partial charge in [0.05, 0.1) is 16.1 Å². The van der Waals surface area contributed by atoms with Crippen LogP contribution in [0.3, 0.4) is 0 Å². The lowest BCUT2D eigenvalue weighted by Crippen LogP contribution is -1.99. The van der Waals surface area contributed by atoms with Crippen molar-refractivity contribution in [3.63, 3.8) is 0 Å². The van der Waals surface area contributed by atoms with Gasteiger partial charge in [-0.1, -0.05) is 12.1 Å². The van der Waals surface area contributed by atoms with Crippen LogP contribution in [-0.2, 0) is 6.54 Å². The van der Waals surface area contributed by atoms with Crippen molar-refractivity contribution in [1.29, 1.82) is 5.26 Å². The largest absolute Gasteiger partial charge is 0.455 e. The van der Waals surface area contributed by atoms with Gasteiger partial charge < -0.3 is 10.5 Å². The van der Waals surface area contributed by atoms with E-state index in [4.69, 9.17) is 15.7 Å². The van der Waals surface area contributed by atoms with Crippen molar-refractivity contribution in [3.05, 3.63) is 63.2 Å². The molecule has 0 saturated carbocycles. The molecule has 6 heteroatoms. The fourth-order valence-electron chi connectivity index (χ4n) is 1.91. The summed E-state index contributed by atoms with van der Waals surface area (Å²) in [6, 6.07) is 11.6. The molecule has 0 atom stereocenters. The number of benzene rings is 2. The maximum Gasteiger partial charge on any atom is 0.276 e. The maximum atomic E-state index is 10.9. The zero-order valence-corrected chi connectivity index (χ0v) is 11.4. The highest BCUT2D eigenvalue weighted by Crippen LogP contribution is 2.32. The minimum atomic E-state index is -0.467. The quantitative estimate of drug-likeness (QED) is 0.686. The van der Waals surface area contributed by atoms with Crippen LogP contribution in [0.5, 0.6) is 11.5 Å². The maximum absolute atomic E-state index is 10.9. The minimum Gasteiger partial charge on any atom is -0.455 e. The zero-order chi connectivity index (χ0) is 15.4. The Balaban J connectivity index is 2.42. The van der Waals surface area contributed by atoms with Crippen molar-refractivity contribution >= 4 is 5.69 Å². The normalized spacial score (nSPS) is 9.95. The molecular formula is C15H13N3O3. The monoisotopic (exact) mass is 283 g/mol. The number of nitrogens with two attached hydrogens (primary N) is 1. The fraction of sp³-hybridized carbons (Fsp3) is 0.133. The summed E-state index contributed by atoms with van der Waals surface area (Å²) in [4.78, 5) is 10.4. The Hall–Kier alpha value is -2.91. The Bertz CT molecular complexity index is 735. The molecule has 0 spiro atoms. The SMILES string of the molecule is Cc1c(Oc2ccc(CN)cc2C#N)cccc1[N+](=O)[O-]. The summed E-state index contributed by atoms with van der Waals surface area (Å²) in [6.07, 6.45) is 0. The second-order valence-electron chi connectivity index (χ2n) is 4.41. The molecule has 0 saturated heterocycles. The molecule has 0 aromatic heterocycles. The number of ether oxygens (including phenoxy) is 1. The van der Waals surface area contributed by atoms with E-state index in [1.54, 1.807) is 37.3 Å². The molecule has 2 N–H and O–H groups in total. The second kappa shape index (κ2) is 6.03. The minimum absolute atomic E-state index is 0.0235. The molecule has 2 aromatic carbocycles. The predicted molar refractivity (Wildman–Crippen MR) is 77.0 cm³/mol. The molecule has 0 aliphatic heterocycles. The lowest BCUT2D eigenvalue weighted by molar-refractivity contribution is -0.385. The van der Waals surface area contributed by atoms with E-state index in [1.165, 1.54) is 6.07 Å². The molecule has 0 radical (unpaired) electrons. The zero-order valence-electron chi connectivity index (χ0n) is 11.4. The van der Waals surface area contributed by atoms with E-state index in [2.05, 4.69) is 0 Å². The molecule has 0 aliphatic carbocycles. The van der Waals surface area contributed by atoms with Crippen LogP contribution in [0.4, 0.5) is 5.69 Å². The third-order valence-electron chi connectivity index (χ3n) is 3.07. The topological polar surface area (TPSA) is 102 Å². The number of rotatable bonds is 4. The van der Waals surface area contributed by atoms with E-state index in [1.807, 2.05) is 6.07 Å². The highest BCUT2D eigenvalue weighted by Gasteiger charge is 2.15. The molecule has 2 rings (SSSR count). The number of hydrogen-bond acceptors (Lipinski definition) is 5. The first-order chi connectivity index (χ1) is 10.1. The molecule has 0 amide bonds. The molecular weight excluding hydrogens is 270 g/mol. The lowest BCUT2D eigenvalue weighted by atomic mass is 10.1. The summed E-state index contributed by atoms with van der Waals surface area (Å²) < 4.78 is 5.65. The average Bonchev–Trinajstić information content (AvgIpc) is 2.49. The Kier molecular flexibility index (Phi) is 4.16. The average molecular weight is 283 g/mol. The first kappa shape index (κ1) is 14.5. The van der Waals surface area contributed by atoms with E-state index in [9.17, 15) is 10.1 Å². The first-order valence-electron chi connectivity index (χ1n) is 6.21. The van der Waals surface area contributed by atoms with Gasteiger partial charge >= 0.3 is 0 Å². The van der Waals surface area contributed by atoms with Gasteiger partial charge in [0.15, 0.2) is 0 Å². The molecule has 21 heavy (non-hydrogen) atoms. The van der Waals surface area contributed by atoms with Crippen LogP contribution in [0, 0.1) is 28.4 Å². The Morgan fingerprint density at radius 2 is 2.10 bits per heavy atom. The summed E-state index contributed by atoms with van der Waals surface area (Å²) in [7, 11) is 0. The van der Waals surface area contributed by atoms with Crippen LogP contribution in [0.25, 0.3) is 0 Å². The number of nitrogens with zero attached hydrogens (tertiary/aromatic N) is 2. The van der Waals surface area contributed by atoms with Gasteiger partial charge in [-0.25, -0.2) is 0 Å². The summed E-state index contributed by atoms with van der Waals surface area (Å²) >= 11 is 0. The van der Waals surface area contributed by atoms with Crippen molar-refractivity contribution in [1.82, 2.24) is 0 Å². The number of hydrogen-bond donors (Lipinski definition) is 1. The number of nitro groups is 1. The van der Waals surface area contributed by atoms with E-state index >= 15 is 0 Å². The predicted octanol–water partition coefficient (Wildman–Crippen LogP) is 3.03. The Labute approximate surface area is 121 Å². The van der Waals surface area contributed by atoms with Gasteiger partial charge in [0.25, 0.3) is 5.69 Å². The molecule has 0 heterocycles. The Morgan fingerprint density at radius 3 is 2.71 bits per heavy atom. The van der Waals surface area contributed by atoms with Gasteiger partial charge in [0, 0.05) is 12.6 Å². The van der Waals surface area contributed by atoms with Crippen molar-refractivity contribution < 1.29 is 9.66 Å². The van der Waals surface area contributed by atoms with Crippen molar-refractivity contribution in [2.24, 2.45) is 5.73 Å². The first-order valence-corrected chi connectivity index (χ1v) is 6.21. The highest BCUT2D eigenvalue weighted by molar-refractivity contribution is 5.52. The van der Waals surface area contributed by atoms with Crippen molar-refractivity contribution in [2.45, 2.75) is 13.5 Å². The van der Waals surface area contributed by atoms with Gasteiger partial charge in [-0.05, 0) is 30.7 Å². The summed E-state index contributed by atoms with van der Waals surface area (Å²) in [5.74, 6) is 0.694. The van der Waals surface area contributed by atoms with Crippen molar-refractivity contribution in [3.8, 4) is 17.6 Å². The van der Waals surface area contributed by atoms with E-state index in [0.717, 1.165) is 5.56 Å². The molecule has 0 unspecified atom stereocenters. The van der Waals surface area contributed by atoms with E-state index in [0.29, 0.717) is 29.2 Å². The lowest BCUT2D eigenvalue weighted by Gasteiger charge is -2.10. The molecule has 0 bridgehead atoms. The number of nitro benzene ring substituents is 1. The van der Waals surface area contributed by atoms with Crippen LogP contribution in [-0.4, -0.2) is 4.92 Å². The molecule has 6 nitrogen and oxygen atoms in total. The van der Waals surface area contributed by atoms with Crippen LogP contribution >= 0.6 is 0 Å². The highest BCUT2D eigenvalue weighted by atomic mass is 16.6. The third-order valence-corrected chi connectivity index (χ3v) is 3.07. The molecule has 106 valence electrons. The van der Waals surface area contributed by atoms with Gasteiger partial charge in [-0.3, -0.25) is 10.1 Å². The summed E-state index contributed by atoms with van der Waals surface area (Å²) in [6.45, 7) is 1.93. The van der Waals surface area contributed by atoms with Crippen LogP contribution in [0.2, 0.25) is 0 Å². The molecule has 0 aliphatic rings. The standard InChI is InChI=1S/C15H13N3O3/c1-10-13(18(19)20)3-2-4-14(10)21-15-6-5-11(8-16)7-12(15)9-17/h2-7H,8,16H2,1H3. The van der Waals surface area contributed by atoms with Crippen LogP contribution < -0.4 is 10.5 Å². The van der Waals surface area contributed by atoms with Crippen LogP contribution in [0.1, 0.15) is 16.7 Å². The molecule has 0 fully saturated rings. The van der Waals surface area contributed by atoms with E-state index < -0.39 is 4.92 Å². The molecule has 2 aromatic rings.